The monoisotopic (exact) mass is 1050 g/mol. The highest BCUT2D eigenvalue weighted by Gasteiger charge is 2.33. The van der Waals surface area contributed by atoms with E-state index in [-0.39, 0.29) is 85.5 Å². The Hall–Kier alpha value is -5.63. The number of methoxy groups -OCH3 is 2. The van der Waals surface area contributed by atoms with E-state index in [9.17, 15) is 37.5 Å². The number of pyridine rings is 2. The standard InChI is InChI=1S/C27H28ClF2NO6.C20H23FINO6/c1-6-36-25(33)18-13-31(22(27(2,3)4)14-37-26(34)35-5)21-12-20(29)16(11-17(21)24(18)32)10-15-8-7-9-19(28)23(15)30;1-6-28-18(25)12-9-23(16(20(2,3)4)10-29-19(26)27-5)15-8-13(21)14(22)7-11(15)17(12)24/h7-9,11-13,22H,6,10,14H2,1-5H3;7-9,16H,6,10H2,1-5H3/t22-;16-/m11/s1. The Morgan fingerprint density at radius 3 is 1.53 bits per heavy atom. The molecule has 5 rings (SSSR count). The number of fused-ring (bicyclic) bond motifs is 2. The van der Waals surface area contributed by atoms with Gasteiger partial charge in [0, 0.05) is 33.2 Å². The molecule has 0 aliphatic heterocycles. The predicted molar refractivity (Wildman–Crippen MR) is 249 cm³/mol. The molecule has 0 fully saturated rings. The second-order valence-corrected chi connectivity index (χ2v) is 18.5. The summed E-state index contributed by atoms with van der Waals surface area (Å²) in [6.45, 7) is 14.4. The zero-order chi connectivity index (χ0) is 49.4. The Morgan fingerprint density at radius 2 is 1.11 bits per heavy atom. The molecule has 3 aromatic carbocycles. The van der Waals surface area contributed by atoms with Crippen molar-refractivity contribution in [1.82, 2.24) is 9.13 Å². The SMILES string of the molecule is CCOC(=O)c1cn([C@H](COC(=O)OC)C(C)(C)C)c2cc(F)c(Cc3cccc(Cl)c3F)cc2c1=O.CCOC(=O)c1cn([C@H](COC(=O)OC)C(C)(C)C)c2cc(F)c(I)cc2c1=O. The van der Waals surface area contributed by atoms with E-state index in [1.54, 1.807) is 47.1 Å². The molecule has 2 atom stereocenters. The van der Waals surface area contributed by atoms with E-state index in [2.05, 4.69) is 9.47 Å². The molecule has 0 aliphatic carbocycles. The lowest BCUT2D eigenvalue weighted by molar-refractivity contribution is 0.0430. The van der Waals surface area contributed by atoms with E-state index in [1.165, 1.54) is 61.5 Å². The van der Waals surface area contributed by atoms with Crippen LogP contribution in [0.5, 0.6) is 0 Å². The Kier molecular flexibility index (Phi) is 17.9. The van der Waals surface area contributed by atoms with Gasteiger partial charge in [-0.25, -0.2) is 32.3 Å². The molecule has 0 saturated heterocycles. The summed E-state index contributed by atoms with van der Waals surface area (Å²) < 4.78 is 77.1. The summed E-state index contributed by atoms with van der Waals surface area (Å²) in [6.07, 6.45) is 0.671. The fourth-order valence-corrected chi connectivity index (χ4v) is 7.58. The molecule has 19 heteroatoms. The zero-order valence-electron chi connectivity index (χ0n) is 38.1. The number of carbonyl (C=O) groups excluding carboxylic acids is 4. The van der Waals surface area contributed by atoms with Gasteiger partial charge in [0.1, 0.15) is 41.8 Å². The molecule has 0 aliphatic rings. The summed E-state index contributed by atoms with van der Waals surface area (Å²) >= 11 is 7.65. The van der Waals surface area contributed by atoms with Crippen LogP contribution in [0.25, 0.3) is 21.8 Å². The molecular formula is C47H51ClF3IN2O12. The third-order valence-corrected chi connectivity index (χ3v) is 11.5. The van der Waals surface area contributed by atoms with Crippen LogP contribution in [0, 0.1) is 31.9 Å². The third kappa shape index (κ3) is 12.4. The van der Waals surface area contributed by atoms with Crippen LogP contribution in [-0.4, -0.2) is 74.0 Å². The van der Waals surface area contributed by atoms with Crippen LogP contribution in [0.1, 0.15) is 99.3 Å². The molecular weight excluding hydrogens is 1000 g/mol. The lowest BCUT2D eigenvalue weighted by atomic mass is 9.86. The first-order valence-electron chi connectivity index (χ1n) is 20.5. The van der Waals surface area contributed by atoms with E-state index >= 15 is 4.39 Å². The molecule has 0 radical (unpaired) electrons. The van der Waals surface area contributed by atoms with E-state index in [0.717, 1.165) is 6.07 Å². The van der Waals surface area contributed by atoms with Crippen molar-refractivity contribution in [3.8, 4) is 0 Å². The van der Waals surface area contributed by atoms with Crippen molar-refractivity contribution in [3.63, 3.8) is 0 Å². The van der Waals surface area contributed by atoms with Gasteiger partial charge in [0.25, 0.3) is 0 Å². The van der Waals surface area contributed by atoms with Gasteiger partial charge in [0.15, 0.2) is 0 Å². The lowest BCUT2D eigenvalue weighted by Crippen LogP contribution is -2.32. The molecule has 0 spiro atoms. The number of halogens is 5. The highest BCUT2D eigenvalue weighted by molar-refractivity contribution is 14.1. The van der Waals surface area contributed by atoms with Crippen molar-refractivity contribution in [2.45, 2.75) is 73.9 Å². The van der Waals surface area contributed by atoms with Crippen LogP contribution >= 0.6 is 34.2 Å². The molecule has 356 valence electrons. The molecule has 0 amide bonds. The van der Waals surface area contributed by atoms with Gasteiger partial charge in [-0.05, 0) is 88.7 Å². The molecule has 0 saturated carbocycles. The van der Waals surface area contributed by atoms with Crippen LogP contribution in [-0.2, 0) is 34.8 Å². The summed E-state index contributed by atoms with van der Waals surface area (Å²) in [6, 6.07) is 8.31. The largest absolute Gasteiger partial charge is 0.508 e. The van der Waals surface area contributed by atoms with Gasteiger partial charge in [-0.2, -0.15) is 0 Å². The van der Waals surface area contributed by atoms with Gasteiger partial charge in [0.2, 0.25) is 10.9 Å². The quantitative estimate of drug-likeness (QED) is 0.0660. The average molecular weight is 1060 g/mol. The third-order valence-electron chi connectivity index (χ3n) is 10.4. The van der Waals surface area contributed by atoms with Crippen molar-refractivity contribution < 1.29 is 60.8 Å². The minimum atomic E-state index is -0.915. The molecule has 0 bridgehead atoms. The van der Waals surface area contributed by atoms with E-state index in [4.69, 9.17) is 30.5 Å². The fraction of sp³-hybridized carbons (Fsp3) is 0.404. The number of hydrogen-bond acceptors (Lipinski definition) is 12. The highest BCUT2D eigenvalue weighted by Crippen LogP contribution is 2.36. The minimum absolute atomic E-state index is 0.0247. The smallest absolute Gasteiger partial charge is 0.462 e. The number of ether oxygens (including phenoxy) is 6. The maximum Gasteiger partial charge on any atom is 0.508 e. The highest BCUT2D eigenvalue weighted by atomic mass is 127. The summed E-state index contributed by atoms with van der Waals surface area (Å²) in [5.74, 6) is -3.50. The molecule has 66 heavy (non-hydrogen) atoms. The first-order valence-corrected chi connectivity index (χ1v) is 21.9. The Balaban J connectivity index is 0.000000297. The van der Waals surface area contributed by atoms with Crippen LogP contribution in [0.15, 0.2) is 64.4 Å². The lowest BCUT2D eigenvalue weighted by Gasteiger charge is -2.33. The van der Waals surface area contributed by atoms with Gasteiger partial charge < -0.3 is 37.6 Å². The maximum atomic E-state index is 15.4. The molecule has 14 nitrogen and oxygen atoms in total. The van der Waals surface area contributed by atoms with Crippen molar-refractivity contribution >= 4 is 80.2 Å². The Morgan fingerprint density at radius 1 is 0.667 bits per heavy atom. The van der Waals surface area contributed by atoms with Crippen LogP contribution in [0.3, 0.4) is 0 Å². The van der Waals surface area contributed by atoms with E-state index in [1.807, 2.05) is 41.5 Å². The predicted octanol–water partition coefficient (Wildman–Crippen LogP) is 10.4. The van der Waals surface area contributed by atoms with Crippen molar-refractivity contribution in [3.05, 3.63) is 124 Å². The first-order chi connectivity index (χ1) is 30.9. The normalized spacial score (nSPS) is 12.4. The number of hydrogen-bond donors (Lipinski definition) is 0. The molecule has 2 heterocycles. The summed E-state index contributed by atoms with van der Waals surface area (Å²) in [7, 11) is 2.36. The Labute approximate surface area is 397 Å². The van der Waals surface area contributed by atoms with Gasteiger partial charge in [-0.15, -0.1) is 0 Å². The van der Waals surface area contributed by atoms with Gasteiger partial charge in [-0.1, -0.05) is 65.3 Å². The molecule has 5 aromatic rings. The maximum absolute atomic E-state index is 15.4. The van der Waals surface area contributed by atoms with Crippen LogP contribution in [0.2, 0.25) is 5.02 Å². The molecule has 2 aromatic heterocycles. The van der Waals surface area contributed by atoms with Crippen molar-refractivity contribution in [2.75, 3.05) is 40.6 Å². The first kappa shape index (κ1) is 53.0. The molecule has 0 unspecified atom stereocenters. The average Bonchev–Trinajstić information content (AvgIpc) is 3.24. The van der Waals surface area contributed by atoms with Crippen LogP contribution < -0.4 is 10.9 Å². The summed E-state index contributed by atoms with van der Waals surface area (Å²) in [5.41, 5.74) is -2.09. The second kappa shape index (κ2) is 22.2. The van der Waals surface area contributed by atoms with Gasteiger partial charge in [0.05, 0.1) is 55.6 Å². The fourth-order valence-electron chi connectivity index (χ4n) is 6.92. The van der Waals surface area contributed by atoms with Gasteiger partial charge in [-0.3, -0.25) is 9.59 Å². The van der Waals surface area contributed by atoms with E-state index < -0.39 is 75.5 Å². The Bertz CT molecular complexity index is 2760. The van der Waals surface area contributed by atoms with E-state index in [0.29, 0.717) is 0 Å². The number of aromatic nitrogens is 2. The van der Waals surface area contributed by atoms with Crippen molar-refractivity contribution in [1.29, 1.82) is 0 Å². The number of rotatable bonds is 12. The minimum Gasteiger partial charge on any atom is -0.462 e. The second-order valence-electron chi connectivity index (χ2n) is 16.9. The number of esters is 2. The zero-order valence-corrected chi connectivity index (χ0v) is 41.0. The number of benzene rings is 3. The van der Waals surface area contributed by atoms with Crippen LogP contribution in [0.4, 0.5) is 22.8 Å². The number of carbonyl (C=O) groups is 4. The summed E-state index contributed by atoms with van der Waals surface area (Å²) in [5, 5.41) is 0.0923. The van der Waals surface area contributed by atoms with Gasteiger partial charge >= 0.3 is 24.2 Å². The van der Waals surface area contributed by atoms with Crippen molar-refractivity contribution in [2.24, 2.45) is 10.8 Å². The number of nitrogens with zero attached hydrogens (tertiary/aromatic N) is 2. The summed E-state index contributed by atoms with van der Waals surface area (Å²) in [4.78, 5) is 74.6. The molecule has 0 N–H and O–H groups in total. The topological polar surface area (TPSA) is 168 Å².